The van der Waals surface area contributed by atoms with Gasteiger partial charge in [0.15, 0.2) is 0 Å². The van der Waals surface area contributed by atoms with E-state index in [0.717, 1.165) is 22.4 Å². The Morgan fingerprint density at radius 2 is 2.00 bits per heavy atom. The molecule has 19 heavy (non-hydrogen) atoms. The van der Waals surface area contributed by atoms with Crippen LogP contribution >= 0.6 is 0 Å². The number of nitrogens with two attached hydrogens (primary N) is 1. The van der Waals surface area contributed by atoms with Crippen LogP contribution in [0.3, 0.4) is 0 Å². The topological polar surface area (TPSA) is 76.4 Å². The second kappa shape index (κ2) is 5.93. The first-order chi connectivity index (χ1) is 8.81. The first-order valence-corrected chi connectivity index (χ1v) is 6.22. The van der Waals surface area contributed by atoms with Crippen LogP contribution in [0.15, 0.2) is 12.1 Å². The Balaban J connectivity index is 3.09. The van der Waals surface area contributed by atoms with Gasteiger partial charge < -0.3 is 10.1 Å². The fourth-order valence-corrected chi connectivity index (χ4v) is 2.40. The molecule has 0 bridgehead atoms. The zero-order valence-electron chi connectivity index (χ0n) is 12.3. The summed E-state index contributed by atoms with van der Waals surface area (Å²) in [6, 6.07) is 3.73. The summed E-state index contributed by atoms with van der Waals surface area (Å²) in [5, 5.41) is 2.73. The molecule has 0 spiro atoms. The van der Waals surface area contributed by atoms with E-state index in [1.165, 1.54) is 0 Å². The minimum absolute atomic E-state index is 0.254. The molecule has 4 N–H and O–H groups in total. The minimum atomic E-state index is -0.392. The van der Waals surface area contributed by atoms with Crippen LogP contribution in [-0.4, -0.2) is 19.7 Å². The molecule has 1 aromatic carbocycles. The highest BCUT2D eigenvalue weighted by Crippen LogP contribution is 2.35. The van der Waals surface area contributed by atoms with Crippen molar-refractivity contribution in [1.29, 1.82) is 0 Å². The van der Waals surface area contributed by atoms with Crippen molar-refractivity contribution in [3.05, 3.63) is 28.8 Å². The van der Waals surface area contributed by atoms with E-state index >= 15 is 0 Å². The maximum absolute atomic E-state index is 11.2. The molecule has 0 saturated heterocycles. The second-order valence-corrected chi connectivity index (χ2v) is 5.37. The van der Waals surface area contributed by atoms with Crippen molar-refractivity contribution in [2.24, 2.45) is 5.84 Å². The molecule has 0 aliphatic heterocycles. The summed E-state index contributed by atoms with van der Waals surface area (Å²) in [7, 11) is 1.66. The summed E-state index contributed by atoms with van der Waals surface area (Å²) in [6.45, 7) is 8.67. The summed E-state index contributed by atoms with van der Waals surface area (Å²) in [6.07, 6.45) is 0. The molecule has 0 aliphatic rings. The Bertz CT molecular complexity index is 470. The molecule has 5 heteroatoms. The quantitative estimate of drug-likeness (QED) is 0.441. The van der Waals surface area contributed by atoms with Crippen LogP contribution in [0.1, 0.15) is 30.5 Å². The Labute approximate surface area is 114 Å². The monoisotopic (exact) mass is 265 g/mol. The number of methoxy groups -OCH3 is 1. The minimum Gasteiger partial charge on any atom is -0.496 e. The van der Waals surface area contributed by atoms with Gasteiger partial charge in [0.25, 0.3) is 0 Å². The smallest absolute Gasteiger partial charge is 0.328 e. The summed E-state index contributed by atoms with van der Waals surface area (Å²) in [4.78, 5) is 11.2. The number of carbonyl (C=O) groups excluding carboxylic acids is 1. The lowest BCUT2D eigenvalue weighted by Crippen LogP contribution is -2.45. The first kappa shape index (κ1) is 15.3. The summed E-state index contributed by atoms with van der Waals surface area (Å²) in [5.41, 5.74) is 5.21. The molecular weight excluding hydrogens is 242 g/mol. The van der Waals surface area contributed by atoms with E-state index in [1.54, 1.807) is 7.11 Å². The Kier molecular flexibility index (Phi) is 4.78. The lowest BCUT2D eigenvalue weighted by molar-refractivity contribution is 0.238. The van der Waals surface area contributed by atoms with E-state index in [0.29, 0.717) is 6.54 Å². The van der Waals surface area contributed by atoms with Crippen molar-refractivity contribution in [2.45, 2.75) is 33.1 Å². The molecule has 0 atom stereocenters. The molecule has 106 valence electrons. The predicted molar refractivity (Wildman–Crippen MR) is 76.2 cm³/mol. The van der Waals surface area contributed by atoms with Crippen LogP contribution in [0.25, 0.3) is 0 Å². The van der Waals surface area contributed by atoms with Crippen molar-refractivity contribution in [3.8, 4) is 5.75 Å². The van der Waals surface area contributed by atoms with Crippen molar-refractivity contribution in [3.63, 3.8) is 0 Å². The molecule has 0 radical (unpaired) electrons. The molecule has 0 aliphatic carbocycles. The number of hydrogen-bond donors (Lipinski definition) is 3. The average molecular weight is 265 g/mol. The number of carbonyl (C=O) groups is 1. The van der Waals surface area contributed by atoms with E-state index in [-0.39, 0.29) is 5.41 Å². The third-order valence-corrected chi connectivity index (χ3v) is 3.16. The normalized spacial score (nSPS) is 11.1. The van der Waals surface area contributed by atoms with Gasteiger partial charge in [0.2, 0.25) is 0 Å². The van der Waals surface area contributed by atoms with Gasteiger partial charge in [-0.15, -0.1) is 0 Å². The second-order valence-electron chi connectivity index (χ2n) is 5.37. The van der Waals surface area contributed by atoms with Gasteiger partial charge in [-0.1, -0.05) is 19.9 Å². The van der Waals surface area contributed by atoms with Gasteiger partial charge in [-0.2, -0.15) is 0 Å². The molecule has 1 rings (SSSR count). The number of benzene rings is 1. The standard InChI is InChI=1S/C14H23N3O2/c1-9-6-10(2)12(11(7-9)19-5)14(3,4)8-16-13(18)17-15/h6-7H,8,15H2,1-5H3,(H2,16,17,18). The van der Waals surface area contributed by atoms with Crippen molar-refractivity contribution < 1.29 is 9.53 Å². The SMILES string of the molecule is COc1cc(C)cc(C)c1C(C)(C)CNC(=O)NN. The zero-order chi connectivity index (χ0) is 14.6. The summed E-state index contributed by atoms with van der Waals surface area (Å²) >= 11 is 0. The van der Waals surface area contributed by atoms with Gasteiger partial charge >= 0.3 is 6.03 Å². The van der Waals surface area contributed by atoms with Gasteiger partial charge in [0, 0.05) is 17.5 Å². The van der Waals surface area contributed by atoms with E-state index in [9.17, 15) is 4.79 Å². The van der Waals surface area contributed by atoms with Crippen LogP contribution in [0.5, 0.6) is 5.75 Å². The number of ether oxygens (including phenoxy) is 1. The van der Waals surface area contributed by atoms with Crippen molar-refractivity contribution in [2.75, 3.05) is 13.7 Å². The molecule has 2 amide bonds. The fourth-order valence-electron chi connectivity index (χ4n) is 2.40. The van der Waals surface area contributed by atoms with Crippen molar-refractivity contribution in [1.82, 2.24) is 10.7 Å². The largest absolute Gasteiger partial charge is 0.496 e. The van der Waals surface area contributed by atoms with Gasteiger partial charge in [-0.05, 0) is 31.0 Å². The highest BCUT2D eigenvalue weighted by atomic mass is 16.5. The third-order valence-electron chi connectivity index (χ3n) is 3.16. The van der Waals surface area contributed by atoms with Crippen LogP contribution in [-0.2, 0) is 5.41 Å². The molecule has 0 fully saturated rings. The van der Waals surface area contributed by atoms with E-state index in [1.807, 2.05) is 13.0 Å². The number of hydrogen-bond acceptors (Lipinski definition) is 3. The van der Waals surface area contributed by atoms with Crippen LogP contribution in [0.2, 0.25) is 0 Å². The van der Waals surface area contributed by atoms with Crippen molar-refractivity contribution >= 4 is 6.03 Å². The maximum Gasteiger partial charge on any atom is 0.328 e. The first-order valence-electron chi connectivity index (χ1n) is 6.22. The Morgan fingerprint density at radius 3 is 2.53 bits per heavy atom. The maximum atomic E-state index is 11.2. The lowest BCUT2D eigenvalue weighted by atomic mass is 9.80. The number of rotatable bonds is 4. The Morgan fingerprint density at radius 1 is 1.37 bits per heavy atom. The van der Waals surface area contributed by atoms with Gasteiger partial charge in [0.05, 0.1) is 7.11 Å². The highest BCUT2D eigenvalue weighted by Gasteiger charge is 2.27. The molecule has 0 heterocycles. The molecule has 0 saturated carbocycles. The van der Waals surface area contributed by atoms with E-state index < -0.39 is 6.03 Å². The Hall–Kier alpha value is -1.75. The summed E-state index contributed by atoms with van der Waals surface area (Å²) < 4.78 is 5.47. The molecule has 5 nitrogen and oxygen atoms in total. The number of aryl methyl sites for hydroxylation is 2. The molecule has 0 aromatic heterocycles. The number of urea groups is 1. The van der Waals surface area contributed by atoms with Crippen LogP contribution in [0.4, 0.5) is 4.79 Å². The molecule has 1 aromatic rings. The lowest BCUT2D eigenvalue weighted by Gasteiger charge is -2.29. The molecular formula is C14H23N3O2. The third kappa shape index (κ3) is 3.61. The van der Waals surface area contributed by atoms with Crippen LogP contribution < -0.4 is 21.3 Å². The predicted octanol–water partition coefficient (Wildman–Crippen LogP) is 1.76. The fraction of sp³-hybridized carbons (Fsp3) is 0.500. The number of nitrogens with one attached hydrogen (secondary N) is 2. The van der Waals surface area contributed by atoms with Gasteiger partial charge in [-0.25, -0.2) is 10.6 Å². The molecule has 0 unspecified atom stereocenters. The number of amides is 2. The summed E-state index contributed by atoms with van der Waals surface area (Å²) in [5.74, 6) is 5.90. The average Bonchev–Trinajstić information content (AvgIpc) is 2.34. The number of hydrazine groups is 1. The zero-order valence-corrected chi connectivity index (χ0v) is 12.3. The van der Waals surface area contributed by atoms with E-state index in [4.69, 9.17) is 10.6 Å². The van der Waals surface area contributed by atoms with Gasteiger partial charge in [0.1, 0.15) is 5.75 Å². The van der Waals surface area contributed by atoms with Gasteiger partial charge in [-0.3, -0.25) is 5.43 Å². The highest BCUT2D eigenvalue weighted by molar-refractivity contribution is 5.73. The van der Waals surface area contributed by atoms with Crippen LogP contribution in [0, 0.1) is 13.8 Å². The van der Waals surface area contributed by atoms with E-state index in [2.05, 4.69) is 37.6 Å².